The smallest absolute Gasteiger partial charge is 0.544 e. The van der Waals surface area contributed by atoms with Gasteiger partial charge < -0.3 is 9.90 Å². The number of carbonyl (C=O) groups is 1. The van der Waals surface area contributed by atoms with Crippen LogP contribution in [0.2, 0.25) is 0 Å². The van der Waals surface area contributed by atoms with E-state index >= 15 is 0 Å². The summed E-state index contributed by atoms with van der Waals surface area (Å²) in [6, 6.07) is 0. The number of aromatic nitrogens is 2. The van der Waals surface area contributed by atoms with Crippen molar-refractivity contribution >= 4 is 17.5 Å². The molecule has 0 amide bonds. The number of carboxylic acid groups (broad SMARTS) is 1. The molecule has 0 fully saturated rings. The van der Waals surface area contributed by atoms with Gasteiger partial charge in [-0.2, -0.15) is 13.2 Å². The maximum Gasteiger partial charge on any atom is 1.00 e. The van der Waals surface area contributed by atoms with Gasteiger partial charge in [0.2, 0.25) is 5.82 Å². The van der Waals surface area contributed by atoms with E-state index in [1.807, 2.05) is 0 Å². The molecule has 0 radical (unpaired) electrons. The molecule has 0 aliphatic heterocycles. The maximum absolute atomic E-state index is 12.3. The monoisotopic (exact) mass is 186 g/mol. The second kappa shape index (κ2) is 3.94. The van der Waals surface area contributed by atoms with E-state index in [2.05, 4.69) is 9.36 Å². The van der Waals surface area contributed by atoms with Gasteiger partial charge in [-0.1, -0.05) is 0 Å². The summed E-state index contributed by atoms with van der Waals surface area (Å²) in [6.07, 6.45) is 0. The molecular weight excluding hydrogens is 185 g/mol. The molecule has 8 heteroatoms. The van der Waals surface area contributed by atoms with Gasteiger partial charge in [-0.3, -0.25) is 0 Å². The molecular formula is C4HF2LiN2O2S. The Bertz CT molecular complexity index is 266. The number of halogens is 2. The fourth-order valence-electron chi connectivity index (χ4n) is 0.400. The minimum atomic E-state index is -4.08. The van der Waals surface area contributed by atoms with Crippen molar-refractivity contribution < 1.29 is 37.5 Å². The predicted octanol–water partition coefficient (Wildman–Crippen LogP) is -3.62. The molecule has 1 aromatic heterocycles. The van der Waals surface area contributed by atoms with Crippen LogP contribution < -0.4 is 24.0 Å². The average Bonchev–Trinajstić information content (AvgIpc) is 2.37. The van der Waals surface area contributed by atoms with Crippen LogP contribution in [0.15, 0.2) is 5.51 Å². The van der Waals surface area contributed by atoms with Gasteiger partial charge in [0.15, 0.2) is 0 Å². The fourth-order valence-corrected chi connectivity index (χ4v) is 0.856. The van der Waals surface area contributed by atoms with Gasteiger partial charge in [0.05, 0.1) is 0 Å². The Hall–Kier alpha value is -0.513. The normalized spacial score (nSPS) is 10.5. The van der Waals surface area contributed by atoms with Crippen molar-refractivity contribution in [2.24, 2.45) is 0 Å². The molecule has 0 aromatic carbocycles. The summed E-state index contributed by atoms with van der Waals surface area (Å²) in [5.74, 6) is -7.60. The van der Waals surface area contributed by atoms with Crippen LogP contribution in [0.4, 0.5) is 8.78 Å². The van der Waals surface area contributed by atoms with E-state index < -0.39 is 17.7 Å². The van der Waals surface area contributed by atoms with E-state index in [1.165, 1.54) is 0 Å². The van der Waals surface area contributed by atoms with Gasteiger partial charge in [0.25, 0.3) is 0 Å². The van der Waals surface area contributed by atoms with E-state index in [-0.39, 0.29) is 18.9 Å². The van der Waals surface area contributed by atoms with E-state index in [0.29, 0.717) is 11.5 Å². The molecule has 1 aromatic rings. The zero-order valence-electron chi connectivity index (χ0n) is 5.95. The summed E-state index contributed by atoms with van der Waals surface area (Å²) in [4.78, 5) is 12.8. The molecule has 0 aliphatic rings. The molecule has 0 aliphatic carbocycles. The average molecular weight is 186 g/mol. The van der Waals surface area contributed by atoms with Gasteiger partial charge in [-0.05, 0) is 11.5 Å². The van der Waals surface area contributed by atoms with Gasteiger partial charge >= 0.3 is 24.8 Å². The Morgan fingerprint density at radius 3 is 2.58 bits per heavy atom. The Morgan fingerprint density at radius 1 is 1.67 bits per heavy atom. The maximum atomic E-state index is 12.3. The quantitative estimate of drug-likeness (QED) is 0.447. The number of hydrogen-bond donors (Lipinski definition) is 0. The van der Waals surface area contributed by atoms with Crippen LogP contribution in [0.3, 0.4) is 0 Å². The molecule has 0 unspecified atom stereocenters. The second-order valence-electron chi connectivity index (χ2n) is 1.62. The first-order valence-electron chi connectivity index (χ1n) is 2.41. The standard InChI is InChI=1S/C4H2F2N2O2S.Li/c5-4(6,3(9)10)2-7-1-11-8-2;/h1H,(H,9,10);/q;+1/p-1. The third kappa shape index (κ3) is 2.00. The molecule has 0 spiro atoms. The SMILES string of the molecule is O=C([O-])C(F)(F)c1ncsn1.[Li+]. The summed E-state index contributed by atoms with van der Waals surface area (Å²) < 4.78 is 27.7. The molecule has 0 saturated carbocycles. The number of alkyl halides is 2. The third-order valence-electron chi connectivity index (χ3n) is 0.899. The van der Waals surface area contributed by atoms with Crippen LogP contribution in [0, 0.1) is 0 Å². The first-order valence-corrected chi connectivity index (χ1v) is 3.25. The molecule has 4 nitrogen and oxygen atoms in total. The van der Waals surface area contributed by atoms with Crippen molar-refractivity contribution in [2.75, 3.05) is 0 Å². The first kappa shape index (κ1) is 11.5. The van der Waals surface area contributed by atoms with Crippen molar-refractivity contribution in [3.63, 3.8) is 0 Å². The molecule has 0 N–H and O–H groups in total. The first-order chi connectivity index (χ1) is 5.05. The van der Waals surface area contributed by atoms with Crippen LogP contribution in [-0.2, 0) is 10.7 Å². The van der Waals surface area contributed by atoms with Crippen LogP contribution in [-0.4, -0.2) is 15.3 Å². The van der Waals surface area contributed by atoms with Crippen molar-refractivity contribution in [1.29, 1.82) is 0 Å². The zero-order valence-corrected chi connectivity index (χ0v) is 6.77. The van der Waals surface area contributed by atoms with Gasteiger partial charge in [-0.25, -0.2) is 4.98 Å². The molecule has 12 heavy (non-hydrogen) atoms. The third-order valence-corrected chi connectivity index (χ3v) is 1.38. The van der Waals surface area contributed by atoms with Crippen molar-refractivity contribution in [3.8, 4) is 0 Å². The molecule has 60 valence electrons. The summed E-state index contributed by atoms with van der Waals surface area (Å²) in [6.45, 7) is 0. The van der Waals surface area contributed by atoms with Crippen molar-refractivity contribution in [2.45, 2.75) is 5.92 Å². The second-order valence-corrected chi connectivity index (χ2v) is 2.22. The van der Waals surface area contributed by atoms with Crippen molar-refractivity contribution in [1.82, 2.24) is 9.36 Å². The van der Waals surface area contributed by atoms with Crippen LogP contribution in [0.1, 0.15) is 5.82 Å². The number of carboxylic acids is 1. The van der Waals surface area contributed by atoms with Crippen LogP contribution in [0.5, 0.6) is 0 Å². The van der Waals surface area contributed by atoms with E-state index in [0.717, 1.165) is 5.51 Å². The molecule has 1 heterocycles. The number of rotatable bonds is 2. The van der Waals surface area contributed by atoms with Gasteiger partial charge in [0, 0.05) is 0 Å². The zero-order chi connectivity index (χ0) is 8.48. The van der Waals surface area contributed by atoms with Gasteiger partial charge in [0.1, 0.15) is 11.5 Å². The van der Waals surface area contributed by atoms with Crippen LogP contribution in [0.25, 0.3) is 0 Å². The number of nitrogens with zero attached hydrogens (tertiary/aromatic N) is 2. The minimum Gasteiger partial charge on any atom is -0.544 e. The summed E-state index contributed by atoms with van der Waals surface area (Å²) >= 11 is 0.652. The Labute approximate surface area is 82.0 Å². The fraction of sp³-hybridized carbons (Fsp3) is 0.250. The Kier molecular flexibility index (Phi) is 3.77. The van der Waals surface area contributed by atoms with E-state index in [9.17, 15) is 18.7 Å². The number of carbonyl (C=O) groups excluding carboxylic acids is 1. The molecule has 0 saturated heterocycles. The molecule has 0 bridgehead atoms. The van der Waals surface area contributed by atoms with E-state index in [4.69, 9.17) is 0 Å². The van der Waals surface area contributed by atoms with E-state index in [1.54, 1.807) is 0 Å². The summed E-state index contributed by atoms with van der Waals surface area (Å²) in [5, 5.41) is 9.78. The Balaban J connectivity index is 0.00000121. The minimum absolute atomic E-state index is 0. The molecule has 1 rings (SSSR count). The largest absolute Gasteiger partial charge is 1.00 e. The summed E-state index contributed by atoms with van der Waals surface area (Å²) in [5.41, 5.74) is 1.02. The van der Waals surface area contributed by atoms with Gasteiger partial charge in [-0.15, -0.1) is 0 Å². The number of hydrogen-bond acceptors (Lipinski definition) is 5. The topological polar surface area (TPSA) is 65.9 Å². The van der Waals surface area contributed by atoms with Crippen molar-refractivity contribution in [3.05, 3.63) is 11.3 Å². The predicted molar refractivity (Wildman–Crippen MR) is 28.8 cm³/mol. The Morgan fingerprint density at radius 2 is 2.25 bits per heavy atom. The molecule has 0 atom stereocenters. The number of aliphatic carboxylic acids is 1. The summed E-state index contributed by atoms with van der Waals surface area (Å²) in [7, 11) is 0. The van der Waals surface area contributed by atoms with Crippen LogP contribution >= 0.6 is 11.5 Å².